The molecule has 0 fully saturated rings. The number of aliphatic imine (C=N–C) groups is 1. The zero-order valence-electron chi connectivity index (χ0n) is 14.6. The highest BCUT2D eigenvalue weighted by molar-refractivity contribution is 6.31. The first kappa shape index (κ1) is 17.4. The molecule has 6 nitrogen and oxygen atoms in total. The number of aryl methyl sites for hydroxylation is 1. The number of carbonyl (C=O) groups is 1. The van der Waals surface area contributed by atoms with E-state index < -0.39 is 12.0 Å². The van der Waals surface area contributed by atoms with Gasteiger partial charge in [-0.2, -0.15) is 0 Å². The van der Waals surface area contributed by atoms with Gasteiger partial charge in [-0.1, -0.05) is 17.7 Å². The molecule has 0 aliphatic carbocycles. The number of carboxylic acids is 1. The SMILES string of the molecule is Cc1cnc2n1-c1ccc(Cl)cc1C(c1ccccn1)=NC2CCC(=O)O. The molecule has 1 atom stereocenters. The molecule has 0 saturated heterocycles. The number of aliphatic carboxylic acids is 1. The number of benzene rings is 1. The fourth-order valence-corrected chi connectivity index (χ4v) is 3.51. The van der Waals surface area contributed by atoms with Crippen molar-refractivity contribution in [2.75, 3.05) is 0 Å². The number of pyridine rings is 1. The summed E-state index contributed by atoms with van der Waals surface area (Å²) in [5, 5.41) is 9.75. The summed E-state index contributed by atoms with van der Waals surface area (Å²) in [6.07, 6.45) is 3.85. The van der Waals surface area contributed by atoms with Crippen molar-refractivity contribution in [3.63, 3.8) is 0 Å². The highest BCUT2D eigenvalue weighted by atomic mass is 35.5. The first-order chi connectivity index (χ1) is 13.0. The smallest absolute Gasteiger partial charge is 0.303 e. The van der Waals surface area contributed by atoms with Crippen LogP contribution in [0, 0.1) is 6.92 Å². The minimum Gasteiger partial charge on any atom is -0.481 e. The quantitative estimate of drug-likeness (QED) is 0.742. The molecule has 27 heavy (non-hydrogen) atoms. The molecule has 136 valence electrons. The van der Waals surface area contributed by atoms with E-state index in [-0.39, 0.29) is 6.42 Å². The summed E-state index contributed by atoms with van der Waals surface area (Å²) in [4.78, 5) is 25.0. The highest BCUT2D eigenvalue weighted by Gasteiger charge is 2.28. The molecule has 0 saturated carbocycles. The second-order valence-corrected chi connectivity index (χ2v) is 6.83. The Hall–Kier alpha value is -2.99. The molecule has 0 spiro atoms. The molecule has 1 aliphatic heterocycles. The number of fused-ring (bicyclic) bond motifs is 3. The second kappa shape index (κ2) is 6.96. The van der Waals surface area contributed by atoms with Gasteiger partial charge < -0.3 is 5.11 Å². The number of hydrogen-bond acceptors (Lipinski definition) is 4. The summed E-state index contributed by atoms with van der Waals surface area (Å²) in [5.74, 6) is -0.132. The molecule has 1 unspecified atom stereocenters. The monoisotopic (exact) mass is 380 g/mol. The standard InChI is InChI=1S/C20H17ClN4O2/c1-12-11-23-20-16(6-8-18(26)27)24-19(15-4-2-3-9-22-15)14-10-13(21)5-7-17(14)25(12)20/h2-5,7,9-11,16H,6,8H2,1H3,(H,26,27). The van der Waals surface area contributed by atoms with Crippen molar-refractivity contribution in [3.8, 4) is 5.69 Å². The summed E-state index contributed by atoms with van der Waals surface area (Å²) in [6, 6.07) is 10.9. The maximum atomic E-state index is 11.2. The van der Waals surface area contributed by atoms with Gasteiger partial charge in [0.1, 0.15) is 11.9 Å². The molecule has 0 radical (unpaired) electrons. The predicted octanol–water partition coefficient (Wildman–Crippen LogP) is 3.99. The van der Waals surface area contributed by atoms with E-state index in [4.69, 9.17) is 21.7 Å². The fraction of sp³-hybridized carbons (Fsp3) is 0.200. The average Bonchev–Trinajstić information content (AvgIpc) is 2.97. The second-order valence-electron chi connectivity index (χ2n) is 6.40. The Labute approximate surface area is 161 Å². The zero-order valence-corrected chi connectivity index (χ0v) is 15.4. The van der Waals surface area contributed by atoms with Gasteiger partial charge in [0.15, 0.2) is 0 Å². The van der Waals surface area contributed by atoms with Crippen molar-refractivity contribution < 1.29 is 9.90 Å². The minimum absolute atomic E-state index is 0.00662. The van der Waals surface area contributed by atoms with Crippen LogP contribution in [-0.2, 0) is 4.79 Å². The maximum Gasteiger partial charge on any atom is 0.303 e. The van der Waals surface area contributed by atoms with Crippen LogP contribution in [0.15, 0.2) is 53.8 Å². The van der Waals surface area contributed by atoms with E-state index in [9.17, 15) is 4.79 Å². The van der Waals surface area contributed by atoms with Gasteiger partial charge in [0.2, 0.25) is 0 Å². The normalized spacial score (nSPS) is 15.5. The molecular weight excluding hydrogens is 364 g/mol. The minimum atomic E-state index is -0.857. The highest BCUT2D eigenvalue weighted by Crippen LogP contribution is 2.34. The third-order valence-corrected chi connectivity index (χ3v) is 4.78. The van der Waals surface area contributed by atoms with Gasteiger partial charge in [-0.25, -0.2) is 4.98 Å². The summed E-state index contributed by atoms with van der Waals surface area (Å²) in [7, 11) is 0. The largest absolute Gasteiger partial charge is 0.481 e. The summed E-state index contributed by atoms with van der Waals surface area (Å²) in [6.45, 7) is 1.97. The molecule has 1 aromatic carbocycles. The van der Waals surface area contributed by atoms with Crippen molar-refractivity contribution in [2.45, 2.75) is 25.8 Å². The topological polar surface area (TPSA) is 80.4 Å². The van der Waals surface area contributed by atoms with E-state index in [1.165, 1.54) is 0 Å². The van der Waals surface area contributed by atoms with Crippen molar-refractivity contribution in [1.82, 2.24) is 14.5 Å². The van der Waals surface area contributed by atoms with Gasteiger partial charge in [-0.15, -0.1) is 0 Å². The molecule has 1 aliphatic rings. The van der Waals surface area contributed by atoms with Gasteiger partial charge >= 0.3 is 5.97 Å². The van der Waals surface area contributed by atoms with Gasteiger partial charge in [-0.3, -0.25) is 19.3 Å². The van der Waals surface area contributed by atoms with Crippen LogP contribution in [0.3, 0.4) is 0 Å². The third kappa shape index (κ3) is 3.24. The van der Waals surface area contributed by atoms with E-state index >= 15 is 0 Å². The lowest BCUT2D eigenvalue weighted by molar-refractivity contribution is -0.137. The van der Waals surface area contributed by atoms with Gasteiger partial charge in [0.25, 0.3) is 0 Å². The van der Waals surface area contributed by atoms with Crippen molar-refractivity contribution in [1.29, 1.82) is 0 Å². The Morgan fingerprint density at radius 3 is 2.85 bits per heavy atom. The van der Waals surface area contributed by atoms with E-state index in [1.807, 2.05) is 47.9 Å². The predicted molar refractivity (Wildman–Crippen MR) is 103 cm³/mol. The Morgan fingerprint density at radius 1 is 1.26 bits per heavy atom. The Morgan fingerprint density at radius 2 is 2.11 bits per heavy atom. The Bertz CT molecular complexity index is 1040. The number of imidazole rings is 1. The summed E-state index contributed by atoms with van der Waals surface area (Å²) in [5.41, 5.74) is 4.11. The van der Waals surface area contributed by atoms with E-state index in [0.29, 0.717) is 22.8 Å². The first-order valence-electron chi connectivity index (χ1n) is 8.60. The lowest BCUT2D eigenvalue weighted by Gasteiger charge is -2.14. The number of rotatable bonds is 4. The van der Waals surface area contributed by atoms with Crippen LogP contribution < -0.4 is 0 Å². The lowest BCUT2D eigenvalue weighted by atomic mass is 10.0. The Kier molecular flexibility index (Phi) is 4.49. The average molecular weight is 381 g/mol. The van der Waals surface area contributed by atoms with E-state index in [1.54, 1.807) is 12.4 Å². The maximum absolute atomic E-state index is 11.2. The molecular formula is C20H17ClN4O2. The number of halogens is 1. The summed E-state index contributed by atoms with van der Waals surface area (Å²) >= 11 is 6.28. The van der Waals surface area contributed by atoms with Crippen LogP contribution >= 0.6 is 11.6 Å². The lowest BCUT2D eigenvalue weighted by Crippen LogP contribution is -2.09. The number of carboxylic acid groups (broad SMARTS) is 1. The van der Waals surface area contributed by atoms with Gasteiger partial charge in [0.05, 0.1) is 17.1 Å². The molecule has 3 aromatic rings. The van der Waals surface area contributed by atoms with Crippen molar-refractivity contribution in [2.24, 2.45) is 4.99 Å². The van der Waals surface area contributed by atoms with Crippen LogP contribution in [0.1, 0.15) is 41.7 Å². The molecule has 0 bridgehead atoms. The van der Waals surface area contributed by atoms with Gasteiger partial charge in [0, 0.05) is 35.1 Å². The molecule has 0 amide bonds. The van der Waals surface area contributed by atoms with E-state index in [0.717, 1.165) is 22.8 Å². The van der Waals surface area contributed by atoms with Crippen molar-refractivity contribution in [3.05, 3.63) is 76.6 Å². The molecule has 4 rings (SSSR count). The van der Waals surface area contributed by atoms with Crippen LogP contribution in [-0.4, -0.2) is 31.3 Å². The Balaban J connectivity index is 1.97. The van der Waals surface area contributed by atoms with Crippen LogP contribution in [0.25, 0.3) is 5.69 Å². The third-order valence-electron chi connectivity index (χ3n) is 4.54. The van der Waals surface area contributed by atoms with Gasteiger partial charge in [-0.05, 0) is 43.7 Å². The summed E-state index contributed by atoms with van der Waals surface area (Å²) < 4.78 is 2.03. The number of nitrogens with zero attached hydrogens (tertiary/aromatic N) is 4. The molecule has 1 N–H and O–H groups in total. The van der Waals surface area contributed by atoms with Crippen molar-refractivity contribution >= 4 is 23.3 Å². The molecule has 7 heteroatoms. The number of aromatic nitrogens is 3. The van der Waals surface area contributed by atoms with E-state index in [2.05, 4.69) is 9.97 Å². The van der Waals surface area contributed by atoms with Crippen LogP contribution in [0.2, 0.25) is 5.02 Å². The molecule has 3 heterocycles. The fourth-order valence-electron chi connectivity index (χ4n) is 3.34. The zero-order chi connectivity index (χ0) is 19.0. The van der Waals surface area contributed by atoms with Crippen LogP contribution in [0.5, 0.6) is 0 Å². The molecule has 2 aromatic heterocycles. The number of hydrogen-bond donors (Lipinski definition) is 1. The van der Waals surface area contributed by atoms with Crippen LogP contribution in [0.4, 0.5) is 0 Å². The first-order valence-corrected chi connectivity index (χ1v) is 8.98.